The van der Waals surface area contributed by atoms with Crippen LogP contribution in [0.4, 0.5) is 0 Å². The van der Waals surface area contributed by atoms with Gasteiger partial charge >= 0.3 is 0 Å². The van der Waals surface area contributed by atoms with Gasteiger partial charge < -0.3 is 0 Å². The van der Waals surface area contributed by atoms with Gasteiger partial charge in [-0.15, -0.1) is 0 Å². The molecule has 0 aromatic heterocycles. The molecule has 0 aliphatic carbocycles. The molecule has 13 heavy (non-hydrogen) atoms. The fraction of sp³-hybridized carbons (Fsp3) is 0.833. The fourth-order valence-electron chi connectivity index (χ4n) is 2.39. The van der Waals surface area contributed by atoms with E-state index < -0.39 is 0 Å². The highest BCUT2D eigenvalue weighted by molar-refractivity contribution is 8.00. The lowest BCUT2D eigenvalue weighted by molar-refractivity contribution is 0.553. The molecule has 0 N–H and O–H groups in total. The maximum atomic E-state index is 2.40. The minimum atomic E-state index is 0.987. The maximum absolute atomic E-state index is 2.40. The molecule has 2 aliphatic rings. The summed E-state index contributed by atoms with van der Waals surface area (Å²) in [6, 6.07) is 0. The summed E-state index contributed by atoms with van der Waals surface area (Å²) in [6.07, 6.45) is 16.2. The number of rotatable bonds is 0. The van der Waals surface area contributed by atoms with Crippen molar-refractivity contribution in [1.82, 2.24) is 0 Å². The van der Waals surface area contributed by atoms with Crippen molar-refractivity contribution < 1.29 is 0 Å². The second kappa shape index (κ2) is 5.09. The number of thioether (sulfide) groups is 1. The van der Waals surface area contributed by atoms with Crippen molar-refractivity contribution in [2.45, 2.75) is 61.9 Å². The molecule has 2 heterocycles. The number of fused-ring (bicyclic) bond motifs is 2. The Hall–Kier alpha value is 0.0900. The van der Waals surface area contributed by atoms with Gasteiger partial charge in [0.1, 0.15) is 0 Å². The Balaban J connectivity index is 1.91. The van der Waals surface area contributed by atoms with Gasteiger partial charge in [0.15, 0.2) is 0 Å². The van der Waals surface area contributed by atoms with Crippen molar-refractivity contribution in [2.75, 3.05) is 0 Å². The lowest BCUT2D eigenvalue weighted by Gasteiger charge is -2.29. The first kappa shape index (κ1) is 9.64. The molecular weight excluding hydrogens is 176 g/mol. The summed E-state index contributed by atoms with van der Waals surface area (Å²) in [5, 5.41) is 1.99. The first-order valence-electron chi connectivity index (χ1n) is 5.75. The third-order valence-corrected chi connectivity index (χ3v) is 4.87. The van der Waals surface area contributed by atoms with Crippen LogP contribution >= 0.6 is 11.8 Å². The smallest absolute Gasteiger partial charge is 0.00527 e. The average Bonchev–Trinajstić information content (AvgIpc) is 2.17. The van der Waals surface area contributed by atoms with E-state index in [9.17, 15) is 0 Å². The predicted octanol–water partition coefficient (Wildman–Crippen LogP) is 4.16. The van der Waals surface area contributed by atoms with Gasteiger partial charge in [-0.2, -0.15) is 11.8 Å². The molecule has 1 saturated heterocycles. The molecule has 2 atom stereocenters. The molecule has 0 saturated carbocycles. The summed E-state index contributed by atoms with van der Waals surface area (Å²) in [6.45, 7) is 0. The fourth-order valence-corrected chi connectivity index (χ4v) is 4.11. The van der Waals surface area contributed by atoms with Gasteiger partial charge in [0.25, 0.3) is 0 Å². The quantitative estimate of drug-likeness (QED) is 0.524. The second-order valence-corrected chi connectivity index (χ2v) is 5.90. The zero-order chi connectivity index (χ0) is 8.93. The van der Waals surface area contributed by atoms with Crippen molar-refractivity contribution in [1.29, 1.82) is 0 Å². The highest BCUT2D eigenvalue weighted by atomic mass is 32.2. The summed E-state index contributed by atoms with van der Waals surface area (Å²) in [4.78, 5) is 0. The highest BCUT2D eigenvalue weighted by Crippen LogP contribution is 2.37. The number of hydrogen-bond acceptors (Lipinski definition) is 1. The van der Waals surface area contributed by atoms with Gasteiger partial charge in [0.05, 0.1) is 0 Å². The van der Waals surface area contributed by atoms with Gasteiger partial charge in [-0.3, -0.25) is 0 Å². The predicted molar refractivity (Wildman–Crippen MR) is 61.2 cm³/mol. The normalized spacial score (nSPS) is 38.2. The van der Waals surface area contributed by atoms with Gasteiger partial charge in [-0.05, 0) is 44.9 Å². The first-order valence-corrected chi connectivity index (χ1v) is 6.70. The third-order valence-electron chi connectivity index (χ3n) is 3.16. The van der Waals surface area contributed by atoms with Crippen LogP contribution in [-0.2, 0) is 0 Å². The van der Waals surface area contributed by atoms with Crippen LogP contribution in [-0.4, -0.2) is 10.5 Å². The summed E-state index contributed by atoms with van der Waals surface area (Å²) < 4.78 is 0. The molecule has 1 heteroatoms. The zero-order valence-electron chi connectivity index (χ0n) is 8.37. The van der Waals surface area contributed by atoms with E-state index in [4.69, 9.17) is 0 Å². The second-order valence-electron chi connectivity index (χ2n) is 4.29. The Bertz CT molecular complexity index is 174. The SMILES string of the molecule is C1=C\CCC2CCCC(CCC/1)S2. The lowest BCUT2D eigenvalue weighted by Crippen LogP contribution is -2.17. The van der Waals surface area contributed by atoms with Gasteiger partial charge in [0.2, 0.25) is 0 Å². The van der Waals surface area contributed by atoms with E-state index in [1.54, 1.807) is 0 Å². The molecule has 2 rings (SSSR count). The Morgan fingerprint density at radius 3 is 2.38 bits per heavy atom. The van der Waals surface area contributed by atoms with Crippen molar-refractivity contribution >= 4 is 11.8 Å². The molecule has 0 amide bonds. The third kappa shape index (κ3) is 3.05. The monoisotopic (exact) mass is 196 g/mol. The Morgan fingerprint density at radius 1 is 0.769 bits per heavy atom. The first-order chi connectivity index (χ1) is 6.45. The molecule has 0 nitrogen and oxygen atoms in total. The minimum absolute atomic E-state index is 0.987. The minimum Gasteiger partial charge on any atom is -0.155 e. The van der Waals surface area contributed by atoms with E-state index in [-0.39, 0.29) is 0 Å². The molecule has 2 unspecified atom stereocenters. The molecule has 0 aromatic rings. The summed E-state index contributed by atoms with van der Waals surface area (Å²) in [5.74, 6) is 0. The molecule has 0 spiro atoms. The van der Waals surface area contributed by atoms with E-state index in [0.717, 1.165) is 10.5 Å². The van der Waals surface area contributed by atoms with Gasteiger partial charge in [-0.1, -0.05) is 18.6 Å². The van der Waals surface area contributed by atoms with E-state index in [2.05, 4.69) is 23.9 Å². The van der Waals surface area contributed by atoms with Crippen LogP contribution in [0.25, 0.3) is 0 Å². The van der Waals surface area contributed by atoms with Crippen LogP contribution < -0.4 is 0 Å². The lowest BCUT2D eigenvalue weighted by atomic mass is 10.0. The molecule has 1 fully saturated rings. The number of hydrogen-bond donors (Lipinski definition) is 0. The highest BCUT2D eigenvalue weighted by Gasteiger charge is 2.21. The summed E-state index contributed by atoms with van der Waals surface area (Å²) >= 11 is 2.30. The maximum Gasteiger partial charge on any atom is 0.00527 e. The number of allylic oxidation sites excluding steroid dienone is 2. The zero-order valence-corrected chi connectivity index (χ0v) is 9.19. The molecule has 2 bridgehead atoms. The Kier molecular flexibility index (Phi) is 3.77. The van der Waals surface area contributed by atoms with E-state index in [0.29, 0.717) is 0 Å². The Morgan fingerprint density at radius 2 is 1.46 bits per heavy atom. The van der Waals surface area contributed by atoms with Crippen molar-refractivity contribution in [2.24, 2.45) is 0 Å². The van der Waals surface area contributed by atoms with Crippen LogP contribution in [0.2, 0.25) is 0 Å². The van der Waals surface area contributed by atoms with E-state index in [1.165, 1.54) is 51.4 Å². The standard InChI is InChI=1S/C12H20S/c1-2-4-7-11-9-6-10-12(13-11)8-5-3-1/h1-2,11-12H,3-10H2/b2-1-. The van der Waals surface area contributed by atoms with E-state index >= 15 is 0 Å². The van der Waals surface area contributed by atoms with Crippen LogP contribution in [0.1, 0.15) is 51.4 Å². The van der Waals surface area contributed by atoms with Gasteiger partial charge in [-0.25, -0.2) is 0 Å². The molecule has 2 aliphatic heterocycles. The molecule has 0 aromatic carbocycles. The van der Waals surface area contributed by atoms with Crippen LogP contribution in [0.15, 0.2) is 12.2 Å². The summed E-state index contributed by atoms with van der Waals surface area (Å²) in [5.41, 5.74) is 0. The van der Waals surface area contributed by atoms with Crippen molar-refractivity contribution in [3.05, 3.63) is 12.2 Å². The van der Waals surface area contributed by atoms with E-state index in [1.807, 2.05) is 0 Å². The topological polar surface area (TPSA) is 0 Å². The largest absolute Gasteiger partial charge is 0.155 e. The average molecular weight is 196 g/mol. The molecule has 74 valence electrons. The van der Waals surface area contributed by atoms with Crippen molar-refractivity contribution in [3.63, 3.8) is 0 Å². The summed E-state index contributed by atoms with van der Waals surface area (Å²) in [7, 11) is 0. The Labute approximate surface area is 86.2 Å². The van der Waals surface area contributed by atoms with Gasteiger partial charge in [0, 0.05) is 10.5 Å². The molecular formula is C12H20S. The van der Waals surface area contributed by atoms with Crippen LogP contribution in [0, 0.1) is 0 Å². The van der Waals surface area contributed by atoms with Crippen molar-refractivity contribution in [3.8, 4) is 0 Å². The molecule has 0 radical (unpaired) electrons. The van der Waals surface area contributed by atoms with Crippen LogP contribution in [0.3, 0.4) is 0 Å². The van der Waals surface area contributed by atoms with Crippen LogP contribution in [0.5, 0.6) is 0 Å².